The third-order valence-electron chi connectivity index (χ3n) is 3.69. The van der Waals surface area contributed by atoms with Crippen molar-refractivity contribution in [2.75, 3.05) is 19.5 Å². The van der Waals surface area contributed by atoms with Crippen molar-refractivity contribution in [2.45, 2.75) is 18.9 Å². The molecule has 122 valence electrons. The maximum absolute atomic E-state index is 11.8. The normalized spacial score (nSPS) is 20.6. The van der Waals surface area contributed by atoms with Crippen LogP contribution in [0.2, 0.25) is 0 Å². The lowest BCUT2D eigenvalue weighted by Gasteiger charge is -2.22. The van der Waals surface area contributed by atoms with Crippen LogP contribution in [0.3, 0.4) is 0 Å². The van der Waals surface area contributed by atoms with E-state index in [4.69, 9.17) is 10.5 Å². The minimum atomic E-state index is -0.693. The van der Waals surface area contributed by atoms with E-state index in [0.717, 1.165) is 12.8 Å². The van der Waals surface area contributed by atoms with Crippen LogP contribution in [0.25, 0.3) is 11.2 Å². The Balaban J connectivity index is 1.77. The molecule has 2 aromatic heterocycles. The van der Waals surface area contributed by atoms with Crippen molar-refractivity contribution in [3.8, 4) is 0 Å². The standard InChI is InChI=1S/C13H16N6O4/c1-22-13(21)23-6-7-2-4-8(5-3-7)19-10-9(17-18-19)11(20)16-12(14)15-10/h2,4,7-8H,3,5-6H2,1H3,(H3,14,15,16,20)/t7-,8+/m1/s1. The first kappa shape index (κ1) is 15.0. The van der Waals surface area contributed by atoms with Crippen LogP contribution in [0.5, 0.6) is 0 Å². The van der Waals surface area contributed by atoms with Gasteiger partial charge in [-0.2, -0.15) is 4.98 Å². The van der Waals surface area contributed by atoms with Crippen LogP contribution in [-0.4, -0.2) is 44.8 Å². The van der Waals surface area contributed by atoms with Crippen molar-refractivity contribution in [1.82, 2.24) is 25.0 Å². The molecule has 3 rings (SSSR count). The number of aromatic amines is 1. The van der Waals surface area contributed by atoms with Gasteiger partial charge in [-0.05, 0) is 12.8 Å². The molecule has 1 aliphatic carbocycles. The van der Waals surface area contributed by atoms with E-state index >= 15 is 0 Å². The number of nitrogens with zero attached hydrogens (tertiary/aromatic N) is 4. The number of H-pyrrole nitrogens is 1. The van der Waals surface area contributed by atoms with Gasteiger partial charge in [0.1, 0.15) is 6.61 Å². The second-order valence-corrected chi connectivity index (χ2v) is 5.21. The molecule has 0 amide bonds. The van der Waals surface area contributed by atoms with Gasteiger partial charge in [0.05, 0.1) is 13.2 Å². The van der Waals surface area contributed by atoms with E-state index < -0.39 is 11.7 Å². The highest BCUT2D eigenvalue weighted by Crippen LogP contribution is 2.27. The number of nitrogens with one attached hydrogen (secondary N) is 1. The maximum atomic E-state index is 11.8. The number of rotatable bonds is 3. The number of ether oxygens (including phenoxy) is 2. The molecular weight excluding hydrogens is 304 g/mol. The molecule has 2 heterocycles. The van der Waals surface area contributed by atoms with Gasteiger partial charge in [-0.15, -0.1) is 5.10 Å². The van der Waals surface area contributed by atoms with Crippen LogP contribution < -0.4 is 11.3 Å². The van der Waals surface area contributed by atoms with Crippen LogP contribution >= 0.6 is 0 Å². The number of hydrogen-bond donors (Lipinski definition) is 2. The number of nitrogen functional groups attached to an aromatic ring is 1. The molecule has 2 aromatic rings. The predicted octanol–water partition coefficient (Wildman–Crippen LogP) is 0.387. The third-order valence-corrected chi connectivity index (χ3v) is 3.69. The first-order chi connectivity index (χ1) is 11.1. The monoisotopic (exact) mass is 320 g/mol. The summed E-state index contributed by atoms with van der Waals surface area (Å²) in [5, 5.41) is 7.86. The molecule has 0 unspecified atom stereocenters. The average Bonchev–Trinajstić information content (AvgIpc) is 2.97. The van der Waals surface area contributed by atoms with Gasteiger partial charge in [0.25, 0.3) is 5.56 Å². The van der Waals surface area contributed by atoms with Crippen molar-refractivity contribution in [3.05, 3.63) is 22.5 Å². The zero-order valence-electron chi connectivity index (χ0n) is 12.4. The molecule has 0 radical (unpaired) electrons. The molecule has 10 nitrogen and oxygen atoms in total. The lowest BCUT2D eigenvalue weighted by atomic mass is 9.93. The molecular formula is C13H16N6O4. The molecule has 10 heteroatoms. The summed E-state index contributed by atoms with van der Waals surface area (Å²) in [6.45, 7) is 0.263. The number of aromatic nitrogens is 5. The van der Waals surface area contributed by atoms with E-state index in [2.05, 4.69) is 25.0 Å². The molecule has 0 spiro atoms. The van der Waals surface area contributed by atoms with Gasteiger partial charge in [0.2, 0.25) is 5.95 Å². The summed E-state index contributed by atoms with van der Waals surface area (Å²) in [7, 11) is 1.27. The van der Waals surface area contributed by atoms with Crippen molar-refractivity contribution >= 4 is 23.3 Å². The highest BCUT2D eigenvalue weighted by Gasteiger charge is 2.22. The van der Waals surface area contributed by atoms with Gasteiger partial charge in [0.15, 0.2) is 11.2 Å². The summed E-state index contributed by atoms with van der Waals surface area (Å²) >= 11 is 0. The van der Waals surface area contributed by atoms with Crippen LogP contribution in [-0.2, 0) is 9.47 Å². The van der Waals surface area contributed by atoms with E-state index in [1.165, 1.54) is 7.11 Å². The molecule has 0 fully saturated rings. The van der Waals surface area contributed by atoms with Gasteiger partial charge in [-0.3, -0.25) is 9.78 Å². The van der Waals surface area contributed by atoms with Gasteiger partial charge >= 0.3 is 6.16 Å². The molecule has 0 aliphatic heterocycles. The number of methoxy groups -OCH3 is 1. The number of nitrogens with two attached hydrogens (primary N) is 1. The van der Waals surface area contributed by atoms with E-state index in [9.17, 15) is 9.59 Å². The van der Waals surface area contributed by atoms with Crippen molar-refractivity contribution in [2.24, 2.45) is 5.92 Å². The molecule has 2 atom stereocenters. The first-order valence-electron chi connectivity index (χ1n) is 7.08. The molecule has 23 heavy (non-hydrogen) atoms. The number of carbonyl (C=O) groups excluding carboxylic acids is 1. The Morgan fingerprint density at radius 1 is 1.48 bits per heavy atom. The summed E-state index contributed by atoms with van der Waals surface area (Å²) in [5.41, 5.74) is 5.67. The molecule has 0 aromatic carbocycles. The van der Waals surface area contributed by atoms with Gasteiger partial charge in [-0.1, -0.05) is 17.4 Å². The SMILES string of the molecule is COC(=O)OC[C@@H]1C=C[C@H](n2nnc3c(=O)[nH]c(N)nc32)CC1. The molecule has 0 saturated carbocycles. The van der Waals surface area contributed by atoms with E-state index in [0.29, 0.717) is 5.65 Å². The topological polar surface area (TPSA) is 138 Å². The third kappa shape index (κ3) is 3.00. The Labute approximate surface area is 130 Å². The average molecular weight is 320 g/mol. The van der Waals surface area contributed by atoms with E-state index in [1.54, 1.807) is 4.68 Å². The fourth-order valence-electron chi connectivity index (χ4n) is 2.52. The molecule has 3 N–H and O–H groups in total. The van der Waals surface area contributed by atoms with Crippen LogP contribution in [0, 0.1) is 5.92 Å². The summed E-state index contributed by atoms with van der Waals surface area (Å²) < 4.78 is 10.9. The highest BCUT2D eigenvalue weighted by atomic mass is 16.7. The smallest absolute Gasteiger partial charge is 0.438 e. The second kappa shape index (κ2) is 6.07. The van der Waals surface area contributed by atoms with Gasteiger partial charge in [-0.25, -0.2) is 9.48 Å². The number of allylic oxidation sites excluding steroid dienone is 1. The Bertz CT molecular complexity index is 810. The summed E-state index contributed by atoms with van der Waals surface area (Å²) in [4.78, 5) is 29.2. The highest BCUT2D eigenvalue weighted by molar-refractivity contribution is 5.69. The summed E-state index contributed by atoms with van der Waals surface area (Å²) in [6, 6.07) is -0.0805. The summed E-state index contributed by atoms with van der Waals surface area (Å²) in [6.07, 6.45) is 4.72. The number of hydrogen-bond acceptors (Lipinski definition) is 8. The zero-order valence-corrected chi connectivity index (χ0v) is 12.4. The van der Waals surface area contributed by atoms with E-state index in [1.807, 2.05) is 12.2 Å². The Hall–Kier alpha value is -2.91. The molecule has 0 bridgehead atoms. The molecule has 0 saturated heterocycles. The lowest BCUT2D eigenvalue weighted by Crippen LogP contribution is -2.20. The Morgan fingerprint density at radius 2 is 2.30 bits per heavy atom. The fourth-order valence-corrected chi connectivity index (χ4v) is 2.52. The number of fused-ring (bicyclic) bond motifs is 1. The Kier molecular flexibility index (Phi) is 3.96. The van der Waals surface area contributed by atoms with Crippen LogP contribution in [0.1, 0.15) is 18.9 Å². The maximum Gasteiger partial charge on any atom is 0.507 e. The van der Waals surface area contributed by atoms with Gasteiger partial charge < -0.3 is 15.2 Å². The van der Waals surface area contributed by atoms with Crippen molar-refractivity contribution in [3.63, 3.8) is 0 Å². The molecule has 1 aliphatic rings. The fraction of sp³-hybridized carbons (Fsp3) is 0.462. The largest absolute Gasteiger partial charge is 0.507 e. The Morgan fingerprint density at radius 3 is 3.00 bits per heavy atom. The quantitative estimate of drug-likeness (QED) is 0.611. The summed E-state index contributed by atoms with van der Waals surface area (Å²) in [5.74, 6) is 0.136. The number of anilines is 1. The van der Waals surface area contributed by atoms with E-state index in [-0.39, 0.29) is 30.0 Å². The number of carbonyl (C=O) groups is 1. The van der Waals surface area contributed by atoms with Crippen LogP contribution in [0.4, 0.5) is 10.7 Å². The first-order valence-corrected chi connectivity index (χ1v) is 7.08. The minimum Gasteiger partial charge on any atom is -0.438 e. The van der Waals surface area contributed by atoms with Crippen LogP contribution in [0.15, 0.2) is 16.9 Å². The zero-order chi connectivity index (χ0) is 16.4. The second-order valence-electron chi connectivity index (χ2n) is 5.21. The minimum absolute atomic E-state index is 0.0233. The lowest BCUT2D eigenvalue weighted by molar-refractivity contribution is 0.0629. The van der Waals surface area contributed by atoms with Gasteiger partial charge in [0, 0.05) is 5.92 Å². The van der Waals surface area contributed by atoms with Crippen molar-refractivity contribution in [1.29, 1.82) is 0 Å². The predicted molar refractivity (Wildman–Crippen MR) is 79.6 cm³/mol. The van der Waals surface area contributed by atoms with Crippen molar-refractivity contribution < 1.29 is 14.3 Å².